The van der Waals surface area contributed by atoms with Gasteiger partial charge in [0.2, 0.25) is 23.5 Å². The van der Waals surface area contributed by atoms with Gasteiger partial charge in [0.15, 0.2) is 5.41 Å². The number of hydrogen-bond acceptors (Lipinski definition) is 7. The van der Waals surface area contributed by atoms with Gasteiger partial charge in [-0.3, -0.25) is 9.59 Å². The van der Waals surface area contributed by atoms with E-state index in [1.807, 2.05) is 32.0 Å². The maximum atomic E-state index is 13.3. The summed E-state index contributed by atoms with van der Waals surface area (Å²) in [6, 6.07) is 5.43. The summed E-state index contributed by atoms with van der Waals surface area (Å²) in [5.74, 6) is 0.424. The van der Waals surface area contributed by atoms with E-state index in [1.165, 1.54) is 0 Å². The number of carbonyl (C=O) groups is 2. The van der Waals surface area contributed by atoms with Crippen LogP contribution in [0.2, 0.25) is 0 Å². The minimum atomic E-state index is -1.33. The first kappa shape index (κ1) is 18.8. The zero-order chi connectivity index (χ0) is 21.2. The predicted octanol–water partition coefficient (Wildman–Crippen LogP) is 1.29. The first-order valence-corrected chi connectivity index (χ1v) is 9.97. The molecule has 3 atom stereocenters. The largest absolute Gasteiger partial charge is 0.372 e. The fourth-order valence-electron chi connectivity index (χ4n) is 5.07. The molecule has 5 rings (SSSR count). The van der Waals surface area contributed by atoms with Crippen molar-refractivity contribution in [2.75, 3.05) is 11.4 Å². The Morgan fingerprint density at radius 1 is 1.23 bits per heavy atom. The van der Waals surface area contributed by atoms with Gasteiger partial charge in [-0.1, -0.05) is 11.7 Å². The smallest absolute Gasteiger partial charge is 0.243 e. The number of carbonyl (C=O) groups excluding carboxylic acids is 2. The molecule has 0 radical (unpaired) electrons. The monoisotopic (exact) mass is 409 g/mol. The number of nitrogens with zero attached hydrogens (tertiary/aromatic N) is 3. The Bertz CT molecular complexity index is 1060. The molecular weight excluding hydrogens is 386 g/mol. The Morgan fingerprint density at radius 3 is 2.63 bits per heavy atom. The minimum absolute atomic E-state index is 0.0385. The molecule has 3 aliphatic heterocycles. The number of morpholine rings is 1. The highest BCUT2D eigenvalue weighted by atomic mass is 16.5. The first-order chi connectivity index (χ1) is 14.3. The van der Waals surface area contributed by atoms with Crippen LogP contribution < -0.4 is 15.5 Å². The van der Waals surface area contributed by atoms with Gasteiger partial charge in [0.25, 0.3) is 0 Å². The molecule has 2 aromatic rings. The van der Waals surface area contributed by atoms with Crippen LogP contribution >= 0.6 is 0 Å². The molecule has 2 amide bonds. The Hall–Kier alpha value is -3.20. The average molecular weight is 409 g/mol. The molecule has 156 valence electrons. The minimum Gasteiger partial charge on any atom is -0.372 e. The van der Waals surface area contributed by atoms with E-state index >= 15 is 0 Å². The number of benzene rings is 1. The zero-order valence-electron chi connectivity index (χ0n) is 17.1. The van der Waals surface area contributed by atoms with Crippen LogP contribution in [-0.4, -0.2) is 46.7 Å². The quantitative estimate of drug-likeness (QED) is 0.683. The third-order valence-electron chi connectivity index (χ3n) is 6.17. The van der Waals surface area contributed by atoms with Gasteiger partial charge < -0.3 is 24.8 Å². The van der Waals surface area contributed by atoms with E-state index in [9.17, 15) is 9.59 Å². The lowest BCUT2D eigenvalue weighted by atomic mass is 9.66. The first-order valence-electron chi connectivity index (χ1n) is 9.97. The van der Waals surface area contributed by atoms with Crippen molar-refractivity contribution in [2.24, 2.45) is 5.41 Å². The summed E-state index contributed by atoms with van der Waals surface area (Å²) in [6.07, 6.45) is -0.117. The Balaban J connectivity index is 1.68. The number of ether oxygens (including phenoxy) is 1. The van der Waals surface area contributed by atoms with Crippen molar-refractivity contribution in [1.82, 2.24) is 20.8 Å². The van der Waals surface area contributed by atoms with Crippen LogP contribution in [0.15, 0.2) is 35.1 Å². The molecule has 2 fully saturated rings. The normalized spacial score (nSPS) is 27.4. The summed E-state index contributed by atoms with van der Waals surface area (Å²) in [4.78, 5) is 33.0. The number of amides is 2. The lowest BCUT2D eigenvalue weighted by molar-refractivity contribution is -0.154. The van der Waals surface area contributed by atoms with Gasteiger partial charge in [-0.05, 0) is 44.0 Å². The van der Waals surface area contributed by atoms with Gasteiger partial charge in [-0.25, -0.2) is 0 Å². The second kappa shape index (κ2) is 6.40. The van der Waals surface area contributed by atoms with Crippen molar-refractivity contribution < 1.29 is 18.8 Å². The molecular formula is C21H23N5O4. The van der Waals surface area contributed by atoms with Crippen LogP contribution in [0.25, 0.3) is 11.4 Å². The summed E-state index contributed by atoms with van der Waals surface area (Å²) in [6.45, 7) is 9.91. The van der Waals surface area contributed by atoms with E-state index in [0.29, 0.717) is 18.3 Å². The molecule has 0 aliphatic carbocycles. The molecule has 3 aliphatic rings. The highest BCUT2D eigenvalue weighted by Gasteiger charge is 2.62. The molecule has 1 aromatic carbocycles. The zero-order valence-corrected chi connectivity index (χ0v) is 17.1. The Kier molecular flexibility index (Phi) is 4.01. The van der Waals surface area contributed by atoms with Gasteiger partial charge in [0.05, 0.1) is 18.2 Å². The average Bonchev–Trinajstić information content (AvgIpc) is 3.11. The van der Waals surface area contributed by atoms with Crippen molar-refractivity contribution in [1.29, 1.82) is 0 Å². The molecule has 9 heteroatoms. The second-order valence-corrected chi connectivity index (χ2v) is 8.26. The van der Waals surface area contributed by atoms with E-state index in [-0.39, 0.29) is 36.3 Å². The summed E-state index contributed by atoms with van der Waals surface area (Å²) in [5.41, 5.74) is 1.31. The molecule has 2 N–H and O–H groups in total. The van der Waals surface area contributed by atoms with Crippen molar-refractivity contribution in [3.05, 3.63) is 42.1 Å². The molecule has 2 saturated heterocycles. The van der Waals surface area contributed by atoms with E-state index in [0.717, 1.165) is 16.8 Å². The van der Waals surface area contributed by atoms with Crippen LogP contribution in [-0.2, 0) is 20.7 Å². The maximum absolute atomic E-state index is 13.3. The molecule has 0 bridgehead atoms. The number of aryl methyl sites for hydroxylation is 1. The summed E-state index contributed by atoms with van der Waals surface area (Å²) in [5, 5.41) is 9.45. The number of anilines is 1. The predicted molar refractivity (Wildman–Crippen MR) is 107 cm³/mol. The molecule has 0 unspecified atom stereocenters. The lowest BCUT2D eigenvalue weighted by Crippen LogP contribution is -2.73. The van der Waals surface area contributed by atoms with Crippen molar-refractivity contribution >= 4 is 17.5 Å². The van der Waals surface area contributed by atoms with Gasteiger partial charge >= 0.3 is 0 Å². The van der Waals surface area contributed by atoms with E-state index in [2.05, 4.69) is 32.3 Å². The van der Waals surface area contributed by atoms with Gasteiger partial charge in [-0.15, -0.1) is 0 Å². The van der Waals surface area contributed by atoms with Gasteiger partial charge in [-0.2, -0.15) is 4.98 Å². The van der Waals surface area contributed by atoms with E-state index < -0.39 is 11.5 Å². The number of fused-ring (bicyclic) bond motifs is 4. The second-order valence-electron chi connectivity index (χ2n) is 8.26. The standard InChI is InChI=1S/C21H23N5O4/c1-10-9-26-16-6-5-14(18-24-13(4)30-25-18)7-15(16)8-21(17(26)11(2)29-10)19(27)22-12(3)23-20(21)28/h5-7,10-11,17H,3,8-9H2,1-2,4H3,(H,22,27)(H,23,28)/t10-,11+,17-/m1/s1. The fraction of sp³-hybridized carbons (Fsp3) is 0.429. The number of hydrogen-bond donors (Lipinski definition) is 2. The molecule has 30 heavy (non-hydrogen) atoms. The SMILES string of the molecule is C=C1NC(=O)C2(Cc3cc(-c4noc(C)n4)ccc3N3C[C@@H](C)O[C@@H](C)[C@@H]32)C(=O)N1. The number of aromatic nitrogens is 2. The molecule has 9 nitrogen and oxygen atoms in total. The molecule has 1 spiro atoms. The molecule has 4 heterocycles. The van der Waals surface area contributed by atoms with Gasteiger partial charge in [0, 0.05) is 24.7 Å². The molecule has 1 aromatic heterocycles. The molecule has 0 saturated carbocycles. The summed E-state index contributed by atoms with van der Waals surface area (Å²) < 4.78 is 11.2. The third kappa shape index (κ3) is 2.58. The van der Waals surface area contributed by atoms with E-state index in [4.69, 9.17) is 9.26 Å². The van der Waals surface area contributed by atoms with Crippen molar-refractivity contribution in [3.63, 3.8) is 0 Å². The summed E-state index contributed by atoms with van der Waals surface area (Å²) in [7, 11) is 0. The third-order valence-corrected chi connectivity index (χ3v) is 6.17. The number of rotatable bonds is 1. The number of nitrogens with one attached hydrogen (secondary N) is 2. The lowest BCUT2D eigenvalue weighted by Gasteiger charge is -2.55. The van der Waals surface area contributed by atoms with Gasteiger partial charge in [0.1, 0.15) is 5.82 Å². The van der Waals surface area contributed by atoms with Crippen LogP contribution in [0.3, 0.4) is 0 Å². The Morgan fingerprint density at radius 2 is 1.97 bits per heavy atom. The van der Waals surface area contributed by atoms with Crippen LogP contribution in [0, 0.1) is 12.3 Å². The van der Waals surface area contributed by atoms with Crippen LogP contribution in [0.5, 0.6) is 0 Å². The topological polar surface area (TPSA) is 110 Å². The Labute approximate surface area is 173 Å². The van der Waals surface area contributed by atoms with Crippen molar-refractivity contribution in [2.45, 2.75) is 45.4 Å². The summed E-state index contributed by atoms with van der Waals surface area (Å²) >= 11 is 0. The van der Waals surface area contributed by atoms with Crippen LogP contribution in [0.4, 0.5) is 5.69 Å². The highest BCUT2D eigenvalue weighted by Crippen LogP contribution is 2.47. The van der Waals surface area contributed by atoms with Crippen molar-refractivity contribution in [3.8, 4) is 11.4 Å². The highest BCUT2D eigenvalue weighted by molar-refractivity contribution is 6.10. The maximum Gasteiger partial charge on any atom is 0.243 e. The van der Waals surface area contributed by atoms with Crippen LogP contribution in [0.1, 0.15) is 25.3 Å². The fourth-order valence-corrected chi connectivity index (χ4v) is 5.07. The van der Waals surface area contributed by atoms with E-state index in [1.54, 1.807) is 6.92 Å².